The average molecular weight is 341 g/mol. The average Bonchev–Trinajstić information content (AvgIpc) is 3.11. The van der Waals surface area contributed by atoms with Crippen LogP contribution in [0.5, 0.6) is 0 Å². The van der Waals surface area contributed by atoms with Gasteiger partial charge < -0.3 is 19.5 Å². The fourth-order valence-electron chi connectivity index (χ4n) is 3.83. The van der Waals surface area contributed by atoms with Crippen LogP contribution in [0.15, 0.2) is 28.7 Å². The maximum Gasteiger partial charge on any atom is 0.225 e. The normalized spacial score (nSPS) is 21.8. The molecule has 0 bridgehead atoms. The number of nitrogens with one attached hydrogen (secondary N) is 1. The van der Waals surface area contributed by atoms with Gasteiger partial charge in [0, 0.05) is 37.0 Å². The van der Waals surface area contributed by atoms with Gasteiger partial charge in [0.15, 0.2) is 0 Å². The van der Waals surface area contributed by atoms with Crippen molar-refractivity contribution >= 4 is 22.8 Å². The number of hydrogen-bond donors (Lipinski definition) is 1. The Balaban J connectivity index is 1.37. The molecular formula is C19H23N3O3. The highest BCUT2D eigenvalue weighted by Gasteiger charge is 2.41. The number of fused-ring (bicyclic) bond motifs is 1. The van der Waals surface area contributed by atoms with Gasteiger partial charge in [0.2, 0.25) is 11.8 Å². The second-order valence-electron chi connectivity index (χ2n) is 7.19. The van der Waals surface area contributed by atoms with E-state index in [1.165, 1.54) is 0 Å². The van der Waals surface area contributed by atoms with E-state index < -0.39 is 0 Å². The van der Waals surface area contributed by atoms with Gasteiger partial charge >= 0.3 is 0 Å². The maximum absolute atomic E-state index is 12.5. The van der Waals surface area contributed by atoms with Crippen molar-refractivity contribution in [3.63, 3.8) is 0 Å². The summed E-state index contributed by atoms with van der Waals surface area (Å²) >= 11 is 0. The number of amides is 2. The van der Waals surface area contributed by atoms with Gasteiger partial charge in [-0.25, -0.2) is 0 Å². The van der Waals surface area contributed by atoms with E-state index in [1.54, 1.807) is 0 Å². The van der Waals surface area contributed by atoms with Crippen molar-refractivity contribution in [2.75, 3.05) is 26.7 Å². The lowest BCUT2D eigenvalue weighted by atomic mass is 10.1. The van der Waals surface area contributed by atoms with Crippen LogP contribution in [0.3, 0.4) is 0 Å². The number of hydrogen-bond acceptors (Lipinski definition) is 4. The Morgan fingerprint density at radius 3 is 2.76 bits per heavy atom. The third kappa shape index (κ3) is 2.91. The molecule has 2 saturated heterocycles. The molecule has 3 heterocycles. The molecule has 2 amide bonds. The van der Waals surface area contributed by atoms with E-state index in [1.807, 2.05) is 43.1 Å². The first-order valence-corrected chi connectivity index (χ1v) is 8.75. The predicted molar refractivity (Wildman–Crippen MR) is 93.9 cm³/mol. The molecule has 1 unspecified atom stereocenters. The monoisotopic (exact) mass is 341 g/mol. The van der Waals surface area contributed by atoms with Gasteiger partial charge in [-0.1, -0.05) is 18.2 Å². The number of likely N-dealkylation sites (N-methyl/N-ethyl adjacent to an activating group) is 1. The quantitative estimate of drug-likeness (QED) is 0.916. The molecule has 1 aromatic heterocycles. The molecule has 1 atom stereocenters. The number of carbonyl (C=O) groups excluding carboxylic acids is 2. The molecule has 1 aromatic carbocycles. The van der Waals surface area contributed by atoms with Gasteiger partial charge in [0.25, 0.3) is 0 Å². The highest BCUT2D eigenvalue weighted by molar-refractivity contribution is 5.89. The smallest absolute Gasteiger partial charge is 0.225 e. The van der Waals surface area contributed by atoms with Crippen LogP contribution in [0.25, 0.3) is 11.0 Å². The molecule has 25 heavy (non-hydrogen) atoms. The molecule has 2 aliphatic heterocycles. The van der Waals surface area contributed by atoms with Crippen molar-refractivity contribution in [1.82, 2.24) is 15.1 Å². The van der Waals surface area contributed by atoms with E-state index in [9.17, 15) is 9.59 Å². The molecule has 0 radical (unpaired) electrons. The molecule has 2 fully saturated rings. The van der Waals surface area contributed by atoms with Crippen LogP contribution in [0.2, 0.25) is 0 Å². The number of likely N-dealkylation sites (tertiary alicyclic amines) is 2. The van der Waals surface area contributed by atoms with E-state index in [0.717, 1.165) is 35.4 Å². The molecule has 4 rings (SSSR count). The van der Waals surface area contributed by atoms with Gasteiger partial charge in [0.05, 0.1) is 18.5 Å². The van der Waals surface area contributed by atoms with E-state index in [0.29, 0.717) is 19.5 Å². The van der Waals surface area contributed by atoms with Crippen LogP contribution in [0, 0.1) is 12.8 Å². The minimum atomic E-state index is -0.261. The molecule has 0 aliphatic carbocycles. The van der Waals surface area contributed by atoms with Crippen molar-refractivity contribution in [1.29, 1.82) is 0 Å². The van der Waals surface area contributed by atoms with Gasteiger partial charge in [0.1, 0.15) is 11.3 Å². The Hall–Kier alpha value is -2.34. The van der Waals surface area contributed by atoms with Gasteiger partial charge in [-0.3, -0.25) is 9.59 Å². The summed E-state index contributed by atoms with van der Waals surface area (Å²) in [5.74, 6) is 0.543. The second-order valence-corrected chi connectivity index (χ2v) is 7.19. The van der Waals surface area contributed by atoms with Gasteiger partial charge in [-0.2, -0.15) is 0 Å². The number of rotatable bonds is 4. The lowest BCUT2D eigenvalue weighted by molar-refractivity contribution is -0.132. The number of aryl methyl sites for hydroxylation is 1. The lowest BCUT2D eigenvalue weighted by Crippen LogP contribution is -2.58. The molecule has 2 aliphatic rings. The minimum absolute atomic E-state index is 0.0663. The summed E-state index contributed by atoms with van der Waals surface area (Å²) < 4.78 is 5.83. The van der Waals surface area contributed by atoms with E-state index in [-0.39, 0.29) is 23.8 Å². The number of benzene rings is 1. The summed E-state index contributed by atoms with van der Waals surface area (Å²) in [7, 11) is 2.04. The molecule has 6 nitrogen and oxygen atoms in total. The highest BCUT2D eigenvalue weighted by Crippen LogP contribution is 2.26. The summed E-state index contributed by atoms with van der Waals surface area (Å²) in [6, 6.07) is 8.13. The topological polar surface area (TPSA) is 65.8 Å². The summed E-state index contributed by atoms with van der Waals surface area (Å²) in [6.45, 7) is 4.69. The zero-order valence-corrected chi connectivity index (χ0v) is 14.6. The molecule has 132 valence electrons. The first-order valence-electron chi connectivity index (χ1n) is 8.75. The Morgan fingerprint density at radius 1 is 1.28 bits per heavy atom. The molecule has 1 N–H and O–H groups in total. The summed E-state index contributed by atoms with van der Waals surface area (Å²) in [5, 5.41) is 4.02. The van der Waals surface area contributed by atoms with Crippen molar-refractivity contribution < 1.29 is 14.0 Å². The van der Waals surface area contributed by atoms with Crippen LogP contribution in [0.4, 0.5) is 0 Å². The van der Waals surface area contributed by atoms with Gasteiger partial charge in [-0.05, 0) is 20.0 Å². The first-order chi connectivity index (χ1) is 12.0. The number of nitrogens with zero attached hydrogens (tertiary/aromatic N) is 2. The third-order valence-electron chi connectivity index (χ3n) is 5.38. The van der Waals surface area contributed by atoms with Crippen LogP contribution in [0.1, 0.15) is 17.7 Å². The van der Waals surface area contributed by atoms with Crippen LogP contribution in [-0.2, 0) is 16.1 Å². The highest BCUT2D eigenvalue weighted by atomic mass is 16.3. The fraction of sp³-hybridized carbons (Fsp3) is 0.474. The van der Waals surface area contributed by atoms with E-state index >= 15 is 0 Å². The minimum Gasteiger partial charge on any atom is -0.459 e. The largest absolute Gasteiger partial charge is 0.459 e. The second kappa shape index (κ2) is 6.19. The molecule has 6 heteroatoms. The van der Waals surface area contributed by atoms with E-state index in [4.69, 9.17) is 4.42 Å². The Morgan fingerprint density at radius 2 is 2.04 bits per heavy atom. The van der Waals surface area contributed by atoms with E-state index in [2.05, 4.69) is 10.2 Å². The molecule has 2 aromatic rings. The van der Waals surface area contributed by atoms with Crippen molar-refractivity contribution in [2.45, 2.75) is 25.9 Å². The maximum atomic E-state index is 12.5. The predicted octanol–water partition coefficient (Wildman–Crippen LogP) is 1.52. The zero-order valence-electron chi connectivity index (χ0n) is 14.6. The Kier molecular flexibility index (Phi) is 4.00. The van der Waals surface area contributed by atoms with Crippen molar-refractivity contribution in [3.8, 4) is 0 Å². The van der Waals surface area contributed by atoms with Crippen LogP contribution >= 0.6 is 0 Å². The first kappa shape index (κ1) is 16.1. The van der Waals surface area contributed by atoms with Crippen LogP contribution in [-0.4, -0.2) is 54.3 Å². The van der Waals surface area contributed by atoms with Crippen molar-refractivity contribution in [2.24, 2.45) is 5.92 Å². The number of carbonyl (C=O) groups is 2. The zero-order chi connectivity index (χ0) is 17.6. The van der Waals surface area contributed by atoms with Crippen LogP contribution < -0.4 is 5.32 Å². The number of para-hydroxylation sites is 1. The summed E-state index contributed by atoms with van der Waals surface area (Å²) in [5.41, 5.74) is 1.89. The Labute approximate surface area is 146 Å². The van der Waals surface area contributed by atoms with Crippen molar-refractivity contribution in [3.05, 3.63) is 35.6 Å². The third-order valence-corrected chi connectivity index (χ3v) is 5.38. The lowest BCUT2D eigenvalue weighted by Gasteiger charge is -2.42. The molecule has 0 spiro atoms. The molecule has 0 saturated carbocycles. The Bertz CT molecular complexity index is 822. The summed E-state index contributed by atoms with van der Waals surface area (Å²) in [6.07, 6.45) is 0.311. The number of furan rings is 1. The fourth-order valence-corrected chi connectivity index (χ4v) is 3.83. The standard InChI is InChI=1S/C19H23N3O3/c1-12-15-5-3-4-6-16(15)25-17(12)8-20-19(24)13-7-18(23)22(9-13)14-10-21(2)11-14/h3-6,13-14H,7-11H2,1-2H3,(H,20,24). The SMILES string of the molecule is Cc1c(CNC(=O)C2CC(=O)N(C3CN(C)C3)C2)oc2ccccc12. The summed E-state index contributed by atoms with van der Waals surface area (Å²) in [4.78, 5) is 28.7. The van der Waals surface area contributed by atoms with Gasteiger partial charge in [-0.15, -0.1) is 0 Å². The molecular weight excluding hydrogens is 318 g/mol.